The average Bonchev–Trinajstić information content (AvgIpc) is 2.33. The van der Waals surface area contributed by atoms with Crippen molar-refractivity contribution in [3.63, 3.8) is 0 Å². The quantitative estimate of drug-likeness (QED) is 0.732. The Morgan fingerprint density at radius 1 is 1.00 bits per heavy atom. The molecule has 2 aromatic rings. The van der Waals surface area contributed by atoms with E-state index in [1.165, 1.54) is 18.5 Å². The van der Waals surface area contributed by atoms with E-state index in [0.717, 1.165) is 4.47 Å². The second kappa shape index (κ2) is 5.90. The normalized spacial score (nSPS) is 11.3. The van der Waals surface area contributed by atoms with Crippen LogP contribution in [0.5, 0.6) is 0 Å². The van der Waals surface area contributed by atoms with E-state index in [1.807, 2.05) is 0 Å². The Hall–Kier alpha value is -0.440. The van der Waals surface area contributed by atoms with Crippen LogP contribution in [0.15, 0.2) is 55.0 Å². The van der Waals surface area contributed by atoms with E-state index < -0.39 is 10.0 Å². The Morgan fingerprint density at radius 2 is 1.74 bits per heavy atom. The Balaban J connectivity index is 2.36. The number of hydrogen-bond acceptors (Lipinski definition) is 3. The molecule has 19 heavy (non-hydrogen) atoms. The van der Waals surface area contributed by atoms with Crippen molar-refractivity contribution < 1.29 is 8.42 Å². The molecule has 0 bridgehead atoms. The maximum absolute atomic E-state index is 12.2. The van der Waals surface area contributed by atoms with Crippen LogP contribution in [0.1, 0.15) is 0 Å². The van der Waals surface area contributed by atoms with Gasteiger partial charge in [0, 0.05) is 25.8 Å². The molecule has 1 N–H and O–H groups in total. The molecule has 1 heterocycles. The second-order valence-corrected chi connectivity index (χ2v) is 7.94. The summed E-state index contributed by atoms with van der Waals surface area (Å²) in [6.07, 6.45) is 2.81. The molecule has 4 nitrogen and oxygen atoms in total. The van der Waals surface area contributed by atoms with E-state index in [1.54, 1.807) is 18.2 Å². The number of halogens is 3. The van der Waals surface area contributed by atoms with Gasteiger partial charge in [0.1, 0.15) is 4.90 Å². The molecule has 0 amide bonds. The average molecular weight is 471 g/mol. The fraction of sp³-hybridized carbons (Fsp3) is 0. The lowest BCUT2D eigenvalue weighted by Crippen LogP contribution is -2.13. The van der Waals surface area contributed by atoms with Crippen LogP contribution in [0.4, 0.5) is 5.69 Å². The summed E-state index contributed by atoms with van der Waals surface area (Å²) in [5.74, 6) is 0. The number of sulfonamides is 1. The highest BCUT2D eigenvalue weighted by atomic mass is 79.9. The van der Waals surface area contributed by atoms with Crippen LogP contribution >= 0.6 is 47.8 Å². The highest BCUT2D eigenvalue weighted by Gasteiger charge is 2.16. The van der Waals surface area contributed by atoms with Crippen molar-refractivity contribution in [3.8, 4) is 0 Å². The first-order valence-corrected chi connectivity index (χ1v) is 8.83. The van der Waals surface area contributed by atoms with Gasteiger partial charge in [0.25, 0.3) is 10.0 Å². The predicted octanol–water partition coefficient (Wildman–Crippen LogP) is 4.17. The van der Waals surface area contributed by atoms with E-state index >= 15 is 0 Å². The number of hydrogen-bond donors (Lipinski definition) is 1. The van der Waals surface area contributed by atoms with E-state index in [-0.39, 0.29) is 4.90 Å². The minimum atomic E-state index is -3.66. The Labute approximate surface area is 136 Å². The van der Waals surface area contributed by atoms with Crippen molar-refractivity contribution in [3.05, 3.63) is 50.1 Å². The van der Waals surface area contributed by atoms with Gasteiger partial charge in [-0.2, -0.15) is 0 Å². The monoisotopic (exact) mass is 468 g/mol. The molecule has 0 aliphatic heterocycles. The molecular formula is C11H7Br3N2O2S. The van der Waals surface area contributed by atoms with Gasteiger partial charge >= 0.3 is 0 Å². The third kappa shape index (κ3) is 3.77. The predicted molar refractivity (Wildman–Crippen MR) is 84.6 cm³/mol. The second-order valence-electron chi connectivity index (χ2n) is 3.57. The fourth-order valence-electron chi connectivity index (χ4n) is 1.32. The maximum atomic E-state index is 12.2. The molecular weight excluding hydrogens is 464 g/mol. The molecule has 0 atom stereocenters. The number of aromatic nitrogens is 1. The summed E-state index contributed by atoms with van der Waals surface area (Å²) in [6.45, 7) is 0. The van der Waals surface area contributed by atoms with Gasteiger partial charge in [0.15, 0.2) is 0 Å². The lowest BCUT2D eigenvalue weighted by molar-refractivity contribution is 0.600. The van der Waals surface area contributed by atoms with Crippen molar-refractivity contribution in [1.29, 1.82) is 0 Å². The Bertz CT molecular complexity index is 720. The van der Waals surface area contributed by atoms with Crippen molar-refractivity contribution in [2.75, 3.05) is 4.72 Å². The largest absolute Gasteiger partial charge is 0.278 e. The summed E-state index contributed by atoms with van der Waals surface area (Å²) in [4.78, 5) is 3.94. The van der Waals surface area contributed by atoms with Gasteiger partial charge in [-0.3, -0.25) is 9.71 Å². The molecule has 1 aromatic carbocycles. The minimum absolute atomic E-state index is 0.0942. The van der Waals surface area contributed by atoms with Crippen molar-refractivity contribution in [1.82, 2.24) is 4.98 Å². The van der Waals surface area contributed by atoms with Gasteiger partial charge in [-0.1, -0.05) is 15.9 Å². The number of nitrogens with one attached hydrogen (secondary N) is 1. The zero-order chi connectivity index (χ0) is 14.0. The summed E-state index contributed by atoms with van der Waals surface area (Å²) in [6, 6.07) is 6.66. The van der Waals surface area contributed by atoms with Crippen LogP contribution in [-0.4, -0.2) is 13.4 Å². The topological polar surface area (TPSA) is 59.1 Å². The van der Waals surface area contributed by atoms with Gasteiger partial charge in [0.05, 0.1) is 5.69 Å². The standard InChI is InChI=1S/C11H7Br3N2O2S/c12-7-1-2-11(10(14)4-7)16-19(17,18)9-3-8(13)5-15-6-9/h1-6,16H. The number of rotatable bonds is 3. The first-order valence-electron chi connectivity index (χ1n) is 4.97. The number of anilines is 1. The van der Waals surface area contributed by atoms with Gasteiger partial charge in [-0.15, -0.1) is 0 Å². The summed E-state index contributed by atoms with van der Waals surface area (Å²) in [5.41, 5.74) is 0.461. The van der Waals surface area contributed by atoms with Crippen LogP contribution in [0.25, 0.3) is 0 Å². The molecule has 0 saturated heterocycles. The SMILES string of the molecule is O=S(=O)(Nc1ccc(Br)cc1Br)c1cncc(Br)c1. The molecule has 1 aromatic heterocycles. The molecule has 0 spiro atoms. The van der Waals surface area contributed by atoms with Crippen LogP contribution in [0, 0.1) is 0 Å². The fourth-order valence-corrected chi connectivity index (χ4v) is 4.18. The molecule has 2 rings (SSSR count). The van der Waals surface area contributed by atoms with Crippen LogP contribution in [0.2, 0.25) is 0 Å². The summed E-state index contributed by atoms with van der Waals surface area (Å²) >= 11 is 9.81. The van der Waals surface area contributed by atoms with Gasteiger partial charge in [0.2, 0.25) is 0 Å². The third-order valence-corrected chi connectivity index (χ3v) is 5.08. The molecule has 0 fully saturated rings. The van der Waals surface area contributed by atoms with E-state index in [9.17, 15) is 8.42 Å². The highest BCUT2D eigenvalue weighted by molar-refractivity contribution is 9.11. The van der Waals surface area contributed by atoms with Gasteiger partial charge in [-0.25, -0.2) is 8.42 Å². The zero-order valence-electron chi connectivity index (χ0n) is 9.27. The first-order chi connectivity index (χ1) is 8.88. The van der Waals surface area contributed by atoms with Gasteiger partial charge < -0.3 is 0 Å². The van der Waals surface area contributed by atoms with Gasteiger partial charge in [-0.05, 0) is 56.1 Å². The van der Waals surface area contributed by atoms with Crippen LogP contribution in [-0.2, 0) is 10.0 Å². The van der Waals surface area contributed by atoms with Crippen LogP contribution < -0.4 is 4.72 Å². The molecule has 0 aliphatic rings. The molecule has 8 heteroatoms. The molecule has 0 unspecified atom stereocenters. The number of pyridine rings is 1. The highest BCUT2D eigenvalue weighted by Crippen LogP contribution is 2.28. The molecule has 0 radical (unpaired) electrons. The van der Waals surface area contributed by atoms with Crippen LogP contribution in [0.3, 0.4) is 0 Å². The van der Waals surface area contributed by atoms with E-state index in [2.05, 4.69) is 57.5 Å². The smallest absolute Gasteiger partial charge is 0.263 e. The third-order valence-electron chi connectivity index (χ3n) is 2.17. The summed E-state index contributed by atoms with van der Waals surface area (Å²) in [7, 11) is -3.66. The van der Waals surface area contributed by atoms with E-state index in [0.29, 0.717) is 14.6 Å². The van der Waals surface area contributed by atoms with Crippen molar-refractivity contribution in [2.45, 2.75) is 4.90 Å². The lowest BCUT2D eigenvalue weighted by atomic mass is 10.3. The summed E-state index contributed by atoms with van der Waals surface area (Å²) < 4.78 is 29.0. The Morgan fingerprint density at radius 3 is 2.37 bits per heavy atom. The molecule has 100 valence electrons. The maximum Gasteiger partial charge on any atom is 0.263 e. The Kier molecular flexibility index (Phi) is 4.65. The van der Waals surface area contributed by atoms with E-state index in [4.69, 9.17) is 0 Å². The summed E-state index contributed by atoms with van der Waals surface area (Å²) in [5, 5.41) is 0. The number of nitrogens with zero attached hydrogens (tertiary/aromatic N) is 1. The van der Waals surface area contributed by atoms with Crippen molar-refractivity contribution in [2.24, 2.45) is 0 Å². The zero-order valence-corrected chi connectivity index (χ0v) is 14.8. The minimum Gasteiger partial charge on any atom is -0.278 e. The van der Waals surface area contributed by atoms with Crippen molar-refractivity contribution >= 4 is 63.5 Å². The lowest BCUT2D eigenvalue weighted by Gasteiger charge is -2.10. The first kappa shape index (κ1) is 15.0. The number of benzene rings is 1. The molecule has 0 saturated carbocycles. The molecule has 0 aliphatic carbocycles.